The Kier molecular flexibility index (Phi) is 6.10. The molecule has 3 atom stereocenters. The van der Waals surface area contributed by atoms with Crippen LogP contribution in [0.5, 0.6) is 0 Å². The molecule has 0 spiro atoms. The summed E-state index contributed by atoms with van der Waals surface area (Å²) in [7, 11) is 2.36. The van der Waals surface area contributed by atoms with Crippen molar-refractivity contribution in [1.29, 1.82) is 0 Å². The molecule has 2 rings (SSSR count). The van der Waals surface area contributed by atoms with Gasteiger partial charge in [0.25, 0.3) is 0 Å². The largest absolute Gasteiger partial charge is 0.312 e. The van der Waals surface area contributed by atoms with Gasteiger partial charge in [0.05, 0.1) is 0 Å². The smallest absolute Gasteiger partial charge is 0.0274 e. The number of hydrogen-bond acceptors (Lipinski definition) is 3. The van der Waals surface area contributed by atoms with E-state index >= 15 is 0 Å². The van der Waals surface area contributed by atoms with Crippen molar-refractivity contribution >= 4 is 0 Å². The molecule has 1 aliphatic heterocycles. The summed E-state index contributed by atoms with van der Waals surface area (Å²) in [6.45, 7) is 14.4. The van der Waals surface area contributed by atoms with Crippen molar-refractivity contribution < 1.29 is 0 Å². The van der Waals surface area contributed by atoms with Crippen molar-refractivity contribution in [2.24, 2.45) is 5.41 Å². The van der Waals surface area contributed by atoms with Gasteiger partial charge in [0, 0.05) is 24.7 Å². The molecule has 0 amide bonds. The van der Waals surface area contributed by atoms with Crippen LogP contribution < -0.4 is 5.32 Å². The molecule has 3 heteroatoms. The van der Waals surface area contributed by atoms with Crippen LogP contribution in [0.3, 0.4) is 0 Å². The van der Waals surface area contributed by atoms with Gasteiger partial charge in [0.2, 0.25) is 0 Å². The summed E-state index contributed by atoms with van der Waals surface area (Å²) in [5.74, 6) is 0. The van der Waals surface area contributed by atoms with Gasteiger partial charge < -0.3 is 10.2 Å². The van der Waals surface area contributed by atoms with Crippen molar-refractivity contribution in [2.45, 2.75) is 77.9 Å². The molecule has 1 heterocycles. The second-order valence-electron chi connectivity index (χ2n) is 7.89. The van der Waals surface area contributed by atoms with Crippen LogP contribution in [0.15, 0.2) is 0 Å². The molecule has 3 nitrogen and oxygen atoms in total. The van der Waals surface area contributed by atoms with Crippen LogP contribution in [0.1, 0.15) is 59.8 Å². The SMILES string of the molecule is CCCNC1C(N(C)CC2CCCN2CC)CCC1(C)C. The van der Waals surface area contributed by atoms with Crippen LogP contribution >= 0.6 is 0 Å². The van der Waals surface area contributed by atoms with Crippen LogP contribution in [0.4, 0.5) is 0 Å². The van der Waals surface area contributed by atoms with Crippen LogP contribution in [0, 0.1) is 5.41 Å². The Hall–Kier alpha value is -0.120. The maximum absolute atomic E-state index is 3.85. The summed E-state index contributed by atoms with van der Waals surface area (Å²) < 4.78 is 0. The Labute approximate surface area is 132 Å². The summed E-state index contributed by atoms with van der Waals surface area (Å²) in [5.41, 5.74) is 0.439. The lowest BCUT2D eigenvalue weighted by Crippen LogP contribution is -2.53. The molecule has 0 radical (unpaired) electrons. The Morgan fingerprint density at radius 3 is 2.67 bits per heavy atom. The average molecular weight is 296 g/mol. The van der Waals surface area contributed by atoms with E-state index in [1.54, 1.807) is 0 Å². The van der Waals surface area contributed by atoms with Gasteiger partial charge in [-0.25, -0.2) is 0 Å². The zero-order valence-electron chi connectivity index (χ0n) is 15.0. The fraction of sp³-hybridized carbons (Fsp3) is 1.00. The van der Waals surface area contributed by atoms with Crippen LogP contribution in [-0.2, 0) is 0 Å². The van der Waals surface area contributed by atoms with Crippen LogP contribution in [-0.4, -0.2) is 61.2 Å². The van der Waals surface area contributed by atoms with E-state index in [4.69, 9.17) is 0 Å². The number of likely N-dealkylation sites (N-methyl/N-ethyl adjacent to an activating group) is 2. The Morgan fingerprint density at radius 1 is 1.24 bits per heavy atom. The van der Waals surface area contributed by atoms with Gasteiger partial charge in [-0.2, -0.15) is 0 Å². The van der Waals surface area contributed by atoms with Gasteiger partial charge in [-0.1, -0.05) is 27.7 Å². The topological polar surface area (TPSA) is 18.5 Å². The van der Waals surface area contributed by atoms with Crippen molar-refractivity contribution in [3.63, 3.8) is 0 Å². The Bertz CT molecular complexity index is 316. The van der Waals surface area contributed by atoms with Gasteiger partial charge >= 0.3 is 0 Å². The maximum atomic E-state index is 3.85. The van der Waals surface area contributed by atoms with E-state index in [1.807, 2.05) is 0 Å². The Morgan fingerprint density at radius 2 is 2.00 bits per heavy atom. The summed E-state index contributed by atoms with van der Waals surface area (Å²) in [4.78, 5) is 5.34. The molecule has 1 N–H and O–H groups in total. The standard InChI is InChI=1S/C18H37N3/c1-6-12-19-17-16(10-11-18(17,3)4)20(5)14-15-9-8-13-21(15)7-2/h15-17,19H,6-14H2,1-5H3. The first-order valence-corrected chi connectivity index (χ1v) is 9.17. The third-order valence-corrected chi connectivity index (χ3v) is 5.90. The van der Waals surface area contributed by atoms with Gasteiger partial charge in [-0.15, -0.1) is 0 Å². The molecule has 124 valence electrons. The highest BCUT2D eigenvalue weighted by Gasteiger charge is 2.43. The van der Waals surface area contributed by atoms with E-state index in [1.165, 1.54) is 51.7 Å². The fourth-order valence-corrected chi connectivity index (χ4v) is 4.54. The number of rotatable bonds is 7. The first-order chi connectivity index (χ1) is 9.99. The minimum absolute atomic E-state index is 0.439. The van der Waals surface area contributed by atoms with Crippen molar-refractivity contribution in [3.8, 4) is 0 Å². The molecule has 21 heavy (non-hydrogen) atoms. The van der Waals surface area contributed by atoms with Crippen molar-refractivity contribution in [3.05, 3.63) is 0 Å². The molecule has 0 aromatic rings. The van der Waals surface area contributed by atoms with E-state index in [-0.39, 0.29) is 0 Å². The van der Waals surface area contributed by atoms with E-state index < -0.39 is 0 Å². The number of likely N-dealkylation sites (tertiary alicyclic amines) is 1. The predicted octanol–water partition coefficient (Wildman–Crippen LogP) is 2.96. The molecule has 3 unspecified atom stereocenters. The summed E-state index contributed by atoms with van der Waals surface area (Å²) in [5, 5.41) is 3.85. The number of nitrogens with zero attached hydrogens (tertiary/aromatic N) is 2. The van der Waals surface area contributed by atoms with Crippen molar-refractivity contribution in [2.75, 3.05) is 33.2 Å². The second-order valence-corrected chi connectivity index (χ2v) is 7.89. The lowest BCUT2D eigenvalue weighted by molar-refractivity contribution is 0.132. The van der Waals surface area contributed by atoms with E-state index in [2.05, 4.69) is 49.9 Å². The van der Waals surface area contributed by atoms with E-state index in [0.29, 0.717) is 17.5 Å². The van der Waals surface area contributed by atoms with E-state index in [0.717, 1.165) is 12.6 Å². The predicted molar refractivity (Wildman–Crippen MR) is 91.8 cm³/mol. The average Bonchev–Trinajstić information content (AvgIpc) is 3.00. The monoisotopic (exact) mass is 295 g/mol. The second kappa shape index (κ2) is 7.43. The van der Waals surface area contributed by atoms with E-state index in [9.17, 15) is 0 Å². The maximum Gasteiger partial charge on any atom is 0.0274 e. The Balaban J connectivity index is 1.95. The normalized spacial score (nSPS) is 33.1. The molecule has 1 saturated heterocycles. The zero-order valence-corrected chi connectivity index (χ0v) is 15.0. The first-order valence-electron chi connectivity index (χ1n) is 9.17. The molecule has 0 aromatic heterocycles. The molecular formula is C18H37N3. The third kappa shape index (κ3) is 4.00. The number of hydrogen-bond donors (Lipinski definition) is 1. The minimum Gasteiger partial charge on any atom is -0.312 e. The summed E-state index contributed by atoms with van der Waals surface area (Å²) in [6, 6.07) is 2.15. The third-order valence-electron chi connectivity index (χ3n) is 5.90. The quantitative estimate of drug-likeness (QED) is 0.779. The minimum atomic E-state index is 0.439. The molecule has 1 saturated carbocycles. The molecule has 1 aliphatic carbocycles. The van der Waals surface area contributed by atoms with Crippen molar-refractivity contribution in [1.82, 2.24) is 15.1 Å². The summed E-state index contributed by atoms with van der Waals surface area (Å²) >= 11 is 0. The molecule has 0 aromatic carbocycles. The highest BCUT2D eigenvalue weighted by Crippen LogP contribution is 2.39. The van der Waals surface area contributed by atoms with Gasteiger partial charge in [0.15, 0.2) is 0 Å². The molecular weight excluding hydrogens is 258 g/mol. The first kappa shape index (κ1) is 17.2. The fourth-order valence-electron chi connectivity index (χ4n) is 4.54. The zero-order chi connectivity index (χ0) is 15.5. The highest BCUT2D eigenvalue weighted by atomic mass is 15.2. The lowest BCUT2D eigenvalue weighted by atomic mass is 9.86. The summed E-state index contributed by atoms with van der Waals surface area (Å²) in [6.07, 6.45) is 6.71. The molecule has 2 fully saturated rings. The van der Waals surface area contributed by atoms with Gasteiger partial charge in [-0.3, -0.25) is 4.90 Å². The van der Waals surface area contributed by atoms with Crippen LogP contribution in [0.25, 0.3) is 0 Å². The molecule has 2 aliphatic rings. The highest BCUT2D eigenvalue weighted by molar-refractivity contribution is 5.01. The number of nitrogens with one attached hydrogen (secondary N) is 1. The van der Waals surface area contributed by atoms with Gasteiger partial charge in [0.1, 0.15) is 0 Å². The molecule has 0 bridgehead atoms. The van der Waals surface area contributed by atoms with Crippen LogP contribution in [0.2, 0.25) is 0 Å². The van der Waals surface area contributed by atoms with Gasteiger partial charge in [-0.05, 0) is 64.2 Å². The lowest BCUT2D eigenvalue weighted by Gasteiger charge is -2.38.